The van der Waals surface area contributed by atoms with Crippen LogP contribution >= 0.6 is 11.8 Å². The minimum absolute atomic E-state index is 0.00736. The van der Waals surface area contributed by atoms with Gasteiger partial charge in [-0.15, -0.1) is 5.10 Å². The van der Waals surface area contributed by atoms with Crippen LogP contribution in [-0.4, -0.2) is 26.9 Å². The fraction of sp³-hybridized carbons (Fsp3) is 0.273. The average Bonchev–Trinajstić information content (AvgIpc) is 2.90. The number of nitro benzene ring substituents is 1. The predicted molar refractivity (Wildman–Crippen MR) is 73.7 cm³/mol. The first-order valence-corrected chi connectivity index (χ1v) is 6.93. The number of aromatic nitrogens is 3. The number of nitrogens with zero attached hydrogens (tertiary/aromatic N) is 3. The second-order valence-corrected chi connectivity index (χ2v) is 5.20. The van der Waals surface area contributed by atoms with Gasteiger partial charge in [0.15, 0.2) is 6.79 Å². The number of nitrogen functional groups attached to an aromatic ring is 1. The summed E-state index contributed by atoms with van der Waals surface area (Å²) in [4.78, 5) is 14.5. The fourth-order valence-corrected chi connectivity index (χ4v) is 2.73. The maximum Gasteiger partial charge on any atom is 0.270 e. The first kappa shape index (κ1) is 13.6. The Bertz CT molecular complexity index is 689. The summed E-state index contributed by atoms with van der Waals surface area (Å²) < 4.78 is 10.6. The number of H-pyrrole nitrogens is 1. The van der Waals surface area contributed by atoms with Crippen molar-refractivity contribution in [3.05, 3.63) is 33.4 Å². The van der Waals surface area contributed by atoms with Crippen molar-refractivity contribution < 1.29 is 14.4 Å². The van der Waals surface area contributed by atoms with Crippen LogP contribution < -0.4 is 10.5 Å². The van der Waals surface area contributed by atoms with Crippen LogP contribution in [0.5, 0.6) is 5.75 Å². The van der Waals surface area contributed by atoms with Gasteiger partial charge in [-0.3, -0.25) is 10.1 Å². The summed E-state index contributed by atoms with van der Waals surface area (Å²) >= 11 is 1.31. The number of non-ortho nitro benzene ring substituents is 1. The molecule has 1 aromatic carbocycles. The molecule has 2 aromatic rings. The van der Waals surface area contributed by atoms with Crippen molar-refractivity contribution in [2.24, 2.45) is 0 Å². The molecule has 110 valence electrons. The van der Waals surface area contributed by atoms with E-state index in [1.165, 1.54) is 23.9 Å². The van der Waals surface area contributed by atoms with Gasteiger partial charge in [0.25, 0.3) is 5.69 Å². The van der Waals surface area contributed by atoms with Crippen molar-refractivity contribution in [3.8, 4) is 5.75 Å². The summed E-state index contributed by atoms with van der Waals surface area (Å²) in [6, 6.07) is 2.96. The highest BCUT2D eigenvalue weighted by Crippen LogP contribution is 2.35. The number of nitro groups is 1. The fourth-order valence-electron chi connectivity index (χ4n) is 1.96. The average molecular weight is 309 g/mol. The van der Waals surface area contributed by atoms with Crippen molar-refractivity contribution in [1.29, 1.82) is 0 Å². The van der Waals surface area contributed by atoms with Gasteiger partial charge in [-0.25, -0.2) is 5.10 Å². The zero-order valence-corrected chi connectivity index (χ0v) is 11.6. The SMILES string of the molecule is Nc1nc(SCc2cc([N+](=O)[O-])cc3c2OCOC3)n[nH]1. The molecule has 0 unspecified atom stereocenters. The Hall–Kier alpha value is -2.33. The van der Waals surface area contributed by atoms with E-state index in [2.05, 4.69) is 15.2 Å². The molecular weight excluding hydrogens is 298 g/mol. The minimum Gasteiger partial charge on any atom is -0.467 e. The Morgan fingerprint density at radius 1 is 1.52 bits per heavy atom. The number of fused-ring (bicyclic) bond motifs is 1. The van der Waals surface area contributed by atoms with E-state index in [1.807, 2.05) is 0 Å². The highest BCUT2D eigenvalue weighted by molar-refractivity contribution is 7.98. The van der Waals surface area contributed by atoms with Gasteiger partial charge >= 0.3 is 0 Å². The quantitative estimate of drug-likeness (QED) is 0.493. The molecule has 1 aromatic heterocycles. The van der Waals surface area contributed by atoms with Crippen molar-refractivity contribution >= 4 is 23.4 Å². The highest BCUT2D eigenvalue weighted by Gasteiger charge is 2.21. The third-order valence-corrected chi connectivity index (χ3v) is 3.72. The van der Waals surface area contributed by atoms with E-state index in [1.54, 1.807) is 0 Å². The number of anilines is 1. The maximum absolute atomic E-state index is 11.0. The predicted octanol–water partition coefficient (Wildman–Crippen LogP) is 1.45. The van der Waals surface area contributed by atoms with E-state index in [0.717, 1.165) is 0 Å². The number of rotatable bonds is 4. The molecule has 0 bridgehead atoms. The van der Waals surface area contributed by atoms with E-state index >= 15 is 0 Å². The van der Waals surface area contributed by atoms with Crippen LogP contribution in [-0.2, 0) is 17.1 Å². The van der Waals surface area contributed by atoms with Gasteiger partial charge in [-0.05, 0) is 0 Å². The third kappa shape index (κ3) is 2.90. The second-order valence-electron chi connectivity index (χ2n) is 4.25. The van der Waals surface area contributed by atoms with Gasteiger partial charge in [-0.2, -0.15) is 4.98 Å². The van der Waals surface area contributed by atoms with E-state index in [-0.39, 0.29) is 18.4 Å². The van der Waals surface area contributed by atoms with E-state index in [4.69, 9.17) is 15.2 Å². The van der Waals surface area contributed by atoms with Gasteiger partial charge in [0, 0.05) is 29.0 Å². The van der Waals surface area contributed by atoms with E-state index < -0.39 is 4.92 Å². The monoisotopic (exact) mass is 309 g/mol. The lowest BCUT2D eigenvalue weighted by atomic mass is 10.1. The Kier molecular flexibility index (Phi) is 3.62. The molecule has 3 N–H and O–H groups in total. The summed E-state index contributed by atoms with van der Waals surface area (Å²) in [5, 5.41) is 17.9. The van der Waals surface area contributed by atoms with Crippen molar-refractivity contribution in [1.82, 2.24) is 15.2 Å². The number of ether oxygens (including phenoxy) is 2. The number of nitrogens with one attached hydrogen (secondary N) is 1. The van der Waals surface area contributed by atoms with Crippen LogP contribution in [0.25, 0.3) is 0 Å². The zero-order chi connectivity index (χ0) is 14.8. The first-order chi connectivity index (χ1) is 10.1. The molecular formula is C11H11N5O4S. The van der Waals surface area contributed by atoms with E-state index in [9.17, 15) is 10.1 Å². The van der Waals surface area contributed by atoms with Crippen molar-refractivity contribution in [2.75, 3.05) is 12.5 Å². The molecule has 0 radical (unpaired) electrons. The summed E-state index contributed by atoms with van der Waals surface area (Å²) in [6.07, 6.45) is 0. The number of thioether (sulfide) groups is 1. The normalized spacial score (nSPS) is 13.5. The largest absolute Gasteiger partial charge is 0.467 e. The Balaban J connectivity index is 1.88. The molecule has 1 aliphatic heterocycles. The molecule has 2 heterocycles. The van der Waals surface area contributed by atoms with Gasteiger partial charge in [0.05, 0.1) is 11.5 Å². The van der Waals surface area contributed by atoms with Gasteiger partial charge in [0.1, 0.15) is 5.75 Å². The Labute approximate surface area is 123 Å². The summed E-state index contributed by atoms with van der Waals surface area (Å²) in [7, 11) is 0. The lowest BCUT2D eigenvalue weighted by Crippen LogP contribution is -2.13. The second kappa shape index (κ2) is 5.58. The van der Waals surface area contributed by atoms with Gasteiger partial charge in [0.2, 0.25) is 11.1 Å². The molecule has 10 heteroatoms. The first-order valence-electron chi connectivity index (χ1n) is 5.95. The van der Waals surface area contributed by atoms with Gasteiger partial charge < -0.3 is 15.2 Å². The number of hydrogen-bond acceptors (Lipinski definition) is 8. The summed E-state index contributed by atoms with van der Waals surface area (Å²) in [5.41, 5.74) is 6.83. The van der Waals surface area contributed by atoms with Crippen LogP contribution in [0, 0.1) is 10.1 Å². The Morgan fingerprint density at radius 2 is 2.38 bits per heavy atom. The molecule has 21 heavy (non-hydrogen) atoms. The van der Waals surface area contributed by atoms with Crippen LogP contribution in [0.4, 0.5) is 11.6 Å². The molecule has 0 fully saturated rings. The smallest absolute Gasteiger partial charge is 0.270 e. The standard InChI is InChI=1S/C11H11N5O4S/c12-10-13-11(15-14-10)21-4-7-2-8(16(17)18)1-6-3-19-5-20-9(6)7/h1-2H,3-5H2,(H3,12,13,14,15). The Morgan fingerprint density at radius 3 is 3.10 bits per heavy atom. The van der Waals surface area contributed by atoms with Crippen LogP contribution in [0.1, 0.15) is 11.1 Å². The third-order valence-electron chi connectivity index (χ3n) is 2.82. The van der Waals surface area contributed by atoms with Crippen molar-refractivity contribution in [3.63, 3.8) is 0 Å². The van der Waals surface area contributed by atoms with Gasteiger partial charge in [-0.1, -0.05) is 11.8 Å². The summed E-state index contributed by atoms with van der Waals surface area (Å²) in [6.45, 7) is 0.429. The molecule has 0 amide bonds. The lowest BCUT2D eigenvalue weighted by Gasteiger charge is -2.20. The van der Waals surface area contributed by atoms with Crippen molar-refractivity contribution in [2.45, 2.75) is 17.5 Å². The molecule has 1 aliphatic rings. The number of hydrogen-bond donors (Lipinski definition) is 2. The lowest BCUT2D eigenvalue weighted by molar-refractivity contribution is -0.385. The van der Waals surface area contributed by atoms with Crippen LogP contribution in [0.2, 0.25) is 0 Å². The molecule has 3 rings (SSSR count). The molecule has 0 atom stereocenters. The number of benzene rings is 1. The minimum atomic E-state index is -0.437. The van der Waals surface area contributed by atoms with Crippen LogP contribution in [0.3, 0.4) is 0 Å². The highest BCUT2D eigenvalue weighted by atomic mass is 32.2. The molecule has 0 saturated heterocycles. The topological polar surface area (TPSA) is 129 Å². The molecule has 0 spiro atoms. The summed E-state index contributed by atoms with van der Waals surface area (Å²) in [5.74, 6) is 1.28. The van der Waals surface area contributed by atoms with Crippen LogP contribution in [0.15, 0.2) is 17.3 Å². The zero-order valence-electron chi connectivity index (χ0n) is 10.7. The molecule has 9 nitrogen and oxygen atoms in total. The molecule has 0 saturated carbocycles. The molecule has 0 aliphatic carbocycles. The maximum atomic E-state index is 11.0. The number of nitrogens with two attached hydrogens (primary N) is 1. The number of aromatic amines is 1. The van der Waals surface area contributed by atoms with E-state index in [0.29, 0.717) is 34.4 Å².